The molecule has 14 heavy (non-hydrogen) atoms. The predicted molar refractivity (Wildman–Crippen MR) is 46.2 cm³/mol. The summed E-state index contributed by atoms with van der Waals surface area (Å²) in [5.74, 6) is -0.0992. The second kappa shape index (κ2) is 3.78. The van der Waals surface area contributed by atoms with Crippen LogP contribution in [0.1, 0.15) is 13.3 Å². The van der Waals surface area contributed by atoms with Gasteiger partial charge in [-0.1, -0.05) is 19.1 Å². The van der Waals surface area contributed by atoms with E-state index < -0.39 is 24.3 Å². The van der Waals surface area contributed by atoms with Crippen LogP contribution in [0.4, 0.5) is 13.2 Å². The molecular weight excluding hydrogens is 196 g/mol. The molecule has 0 aromatic rings. The zero-order chi connectivity index (χ0) is 10.9. The maximum atomic E-state index is 12.3. The Hall–Kier alpha value is -0.745. The van der Waals surface area contributed by atoms with E-state index in [1.807, 2.05) is 0 Å². The molecule has 1 aliphatic carbocycles. The van der Waals surface area contributed by atoms with Crippen molar-refractivity contribution in [3.8, 4) is 0 Å². The lowest BCUT2D eigenvalue weighted by atomic mass is 9.70. The Labute approximate surface area is 79.9 Å². The van der Waals surface area contributed by atoms with Gasteiger partial charge in [-0.2, -0.15) is 13.2 Å². The minimum Gasteiger partial charge on any atom is -0.423 e. The standard InChI is InChI=1S/C8H10BF3O2/c1-5-2-3-6(8(10,11)12)7(4-5)9(13)14/h3-5,13-14H,2H2,1H3. The molecule has 0 heterocycles. The van der Waals surface area contributed by atoms with Crippen molar-refractivity contribution in [1.29, 1.82) is 0 Å². The van der Waals surface area contributed by atoms with Gasteiger partial charge in [-0.05, 0) is 17.8 Å². The van der Waals surface area contributed by atoms with Gasteiger partial charge in [0.15, 0.2) is 0 Å². The fraction of sp³-hybridized carbons (Fsp3) is 0.500. The molecule has 0 aromatic heterocycles. The first-order valence-electron chi connectivity index (χ1n) is 4.18. The summed E-state index contributed by atoms with van der Waals surface area (Å²) >= 11 is 0. The maximum absolute atomic E-state index is 12.3. The fourth-order valence-electron chi connectivity index (χ4n) is 1.39. The molecule has 0 saturated carbocycles. The second-order valence-electron chi connectivity index (χ2n) is 3.32. The highest BCUT2D eigenvalue weighted by Gasteiger charge is 2.40. The molecular formula is C8H10BF3O2. The average Bonchev–Trinajstić information content (AvgIpc) is 2.01. The van der Waals surface area contributed by atoms with Gasteiger partial charge in [0.25, 0.3) is 0 Å². The van der Waals surface area contributed by atoms with Gasteiger partial charge in [0.1, 0.15) is 0 Å². The molecule has 0 bridgehead atoms. The summed E-state index contributed by atoms with van der Waals surface area (Å²) in [4.78, 5) is 0. The van der Waals surface area contributed by atoms with E-state index in [1.165, 1.54) is 6.08 Å². The maximum Gasteiger partial charge on any atom is 0.488 e. The van der Waals surface area contributed by atoms with Gasteiger partial charge in [-0.3, -0.25) is 0 Å². The Balaban J connectivity index is 3.01. The Morgan fingerprint density at radius 1 is 1.43 bits per heavy atom. The van der Waals surface area contributed by atoms with Gasteiger partial charge in [-0.25, -0.2) is 0 Å². The lowest BCUT2D eigenvalue weighted by molar-refractivity contribution is -0.0895. The van der Waals surface area contributed by atoms with E-state index >= 15 is 0 Å². The van der Waals surface area contributed by atoms with Gasteiger partial charge in [0.05, 0.1) is 5.57 Å². The molecule has 6 heteroatoms. The zero-order valence-electron chi connectivity index (χ0n) is 7.54. The molecule has 1 rings (SSSR count). The first-order chi connectivity index (χ1) is 6.32. The SMILES string of the molecule is CC1C=C(B(O)O)C(C(F)(F)F)=CC1. The highest BCUT2D eigenvalue weighted by atomic mass is 19.4. The van der Waals surface area contributed by atoms with Crippen molar-refractivity contribution in [2.24, 2.45) is 5.92 Å². The predicted octanol–water partition coefficient (Wildman–Crippen LogP) is 1.45. The van der Waals surface area contributed by atoms with Crippen LogP contribution in [0.3, 0.4) is 0 Å². The second-order valence-corrected chi connectivity index (χ2v) is 3.32. The van der Waals surface area contributed by atoms with Gasteiger partial charge in [-0.15, -0.1) is 0 Å². The Kier molecular flexibility index (Phi) is 3.06. The molecule has 0 aliphatic heterocycles. The molecule has 1 atom stereocenters. The van der Waals surface area contributed by atoms with Crippen LogP contribution >= 0.6 is 0 Å². The molecule has 0 aromatic carbocycles. The Morgan fingerprint density at radius 2 is 2.00 bits per heavy atom. The molecule has 78 valence electrons. The third kappa shape index (κ3) is 2.39. The molecule has 0 amide bonds. The summed E-state index contributed by atoms with van der Waals surface area (Å²) in [6.45, 7) is 1.71. The molecule has 0 spiro atoms. The zero-order valence-corrected chi connectivity index (χ0v) is 7.54. The molecule has 1 unspecified atom stereocenters. The minimum absolute atomic E-state index is 0.0992. The van der Waals surface area contributed by atoms with Gasteiger partial charge >= 0.3 is 13.3 Å². The van der Waals surface area contributed by atoms with E-state index in [4.69, 9.17) is 10.0 Å². The first kappa shape index (κ1) is 11.3. The third-order valence-corrected chi connectivity index (χ3v) is 2.05. The summed E-state index contributed by atoms with van der Waals surface area (Å²) in [6.07, 6.45) is -2.01. The van der Waals surface area contributed by atoms with Crippen molar-refractivity contribution in [3.63, 3.8) is 0 Å². The monoisotopic (exact) mass is 206 g/mol. The number of allylic oxidation sites excluding steroid dienone is 4. The third-order valence-electron chi connectivity index (χ3n) is 2.05. The normalized spacial score (nSPS) is 22.9. The van der Waals surface area contributed by atoms with Crippen molar-refractivity contribution in [2.45, 2.75) is 19.5 Å². The largest absolute Gasteiger partial charge is 0.488 e. The Bertz CT molecular complexity index is 281. The molecule has 2 N–H and O–H groups in total. The molecule has 2 nitrogen and oxygen atoms in total. The summed E-state index contributed by atoms with van der Waals surface area (Å²) in [7, 11) is -2.06. The molecule has 1 aliphatic rings. The van der Waals surface area contributed by atoms with E-state index in [-0.39, 0.29) is 12.3 Å². The highest BCUT2D eigenvalue weighted by Crippen LogP contribution is 2.35. The minimum atomic E-state index is -4.52. The smallest absolute Gasteiger partial charge is 0.423 e. The average molecular weight is 206 g/mol. The van der Waals surface area contributed by atoms with E-state index in [9.17, 15) is 13.2 Å². The van der Waals surface area contributed by atoms with Crippen LogP contribution < -0.4 is 0 Å². The number of hydrogen-bond acceptors (Lipinski definition) is 2. The lowest BCUT2D eigenvalue weighted by Gasteiger charge is -2.21. The van der Waals surface area contributed by atoms with Gasteiger partial charge < -0.3 is 10.0 Å². The summed E-state index contributed by atoms with van der Waals surface area (Å²) in [5, 5.41) is 17.6. The number of hydrogen-bond donors (Lipinski definition) is 2. The van der Waals surface area contributed by atoms with Crippen LogP contribution in [0.15, 0.2) is 23.2 Å². The number of halogens is 3. The van der Waals surface area contributed by atoms with Gasteiger partial charge in [0, 0.05) is 0 Å². The number of alkyl halides is 3. The van der Waals surface area contributed by atoms with Crippen molar-refractivity contribution in [3.05, 3.63) is 23.2 Å². The van der Waals surface area contributed by atoms with Crippen molar-refractivity contribution < 1.29 is 23.2 Å². The van der Waals surface area contributed by atoms with Crippen LogP contribution in [0.5, 0.6) is 0 Å². The topological polar surface area (TPSA) is 40.5 Å². The van der Waals surface area contributed by atoms with E-state index in [2.05, 4.69) is 0 Å². The fourth-order valence-corrected chi connectivity index (χ4v) is 1.39. The van der Waals surface area contributed by atoms with Crippen molar-refractivity contribution >= 4 is 7.12 Å². The van der Waals surface area contributed by atoms with Crippen molar-refractivity contribution in [2.75, 3.05) is 0 Å². The molecule has 0 fully saturated rings. The van der Waals surface area contributed by atoms with Crippen LogP contribution in [-0.2, 0) is 0 Å². The first-order valence-corrected chi connectivity index (χ1v) is 4.18. The van der Waals surface area contributed by atoms with E-state index in [1.54, 1.807) is 6.92 Å². The number of rotatable bonds is 1. The molecule has 0 saturated heterocycles. The lowest BCUT2D eigenvalue weighted by Crippen LogP contribution is -2.27. The van der Waals surface area contributed by atoms with Gasteiger partial charge in [0.2, 0.25) is 0 Å². The van der Waals surface area contributed by atoms with Crippen LogP contribution in [0.2, 0.25) is 0 Å². The van der Waals surface area contributed by atoms with Crippen LogP contribution in [0.25, 0.3) is 0 Å². The summed E-state index contributed by atoms with van der Waals surface area (Å²) in [5.41, 5.74) is -1.39. The summed E-state index contributed by atoms with van der Waals surface area (Å²) in [6, 6.07) is 0. The van der Waals surface area contributed by atoms with Crippen molar-refractivity contribution in [1.82, 2.24) is 0 Å². The highest BCUT2D eigenvalue weighted by molar-refractivity contribution is 6.52. The van der Waals surface area contributed by atoms with E-state index in [0.29, 0.717) is 0 Å². The van der Waals surface area contributed by atoms with E-state index in [0.717, 1.165) is 6.08 Å². The Morgan fingerprint density at radius 3 is 2.43 bits per heavy atom. The summed E-state index contributed by atoms with van der Waals surface area (Å²) < 4.78 is 37.0. The van der Waals surface area contributed by atoms with Crippen LogP contribution in [-0.4, -0.2) is 23.3 Å². The molecule has 0 radical (unpaired) electrons. The van der Waals surface area contributed by atoms with Crippen LogP contribution in [0, 0.1) is 5.92 Å². The quantitative estimate of drug-likeness (QED) is 0.637.